The molecule has 0 fully saturated rings. The molecule has 0 N–H and O–H groups in total. The number of carbonyl (C=O) groups is 1. The Labute approximate surface area is 144 Å². The minimum absolute atomic E-state index is 0.0174. The predicted molar refractivity (Wildman–Crippen MR) is 92.1 cm³/mol. The molecule has 0 bridgehead atoms. The fraction of sp³-hybridized carbons (Fsp3) is 0.211. The number of hydrogen-bond donors (Lipinski definition) is 0. The van der Waals surface area contributed by atoms with E-state index in [0.717, 1.165) is 18.4 Å². The lowest BCUT2D eigenvalue weighted by molar-refractivity contribution is -0.114. The zero-order valence-electron chi connectivity index (χ0n) is 13.1. The van der Waals surface area contributed by atoms with Crippen LogP contribution in [0.4, 0.5) is 14.5 Å². The molecular weight excluding hydrogens is 332 g/mol. The van der Waals surface area contributed by atoms with Crippen LogP contribution in [0.5, 0.6) is 0 Å². The molecule has 0 aliphatic carbocycles. The van der Waals surface area contributed by atoms with Gasteiger partial charge >= 0.3 is 0 Å². The molecule has 1 unspecified atom stereocenters. The third-order valence-corrected chi connectivity index (χ3v) is 4.53. The Hall–Kier alpha value is -2.20. The first-order valence-electron chi connectivity index (χ1n) is 7.71. The summed E-state index contributed by atoms with van der Waals surface area (Å²) >= 11 is 5.97. The van der Waals surface area contributed by atoms with E-state index in [1.54, 1.807) is 17.0 Å². The normalized spacial score (nSPS) is 17.2. The smallest absolute Gasteiger partial charge is 0.251 e. The standard InChI is InChI=1S/C19H16ClF2NO/c1-12-5-6-13-11-14(21)7-9-18(13)23(12)19(24)10-8-15-16(20)3-2-4-17(15)22/h2-4,7-12H,5-6H2,1H3. The molecule has 1 aliphatic heterocycles. The Morgan fingerprint density at radius 2 is 2.08 bits per heavy atom. The number of amides is 1. The van der Waals surface area contributed by atoms with E-state index in [1.807, 2.05) is 6.92 Å². The molecule has 0 saturated heterocycles. The van der Waals surface area contributed by atoms with Crippen molar-refractivity contribution in [3.05, 3.63) is 70.3 Å². The van der Waals surface area contributed by atoms with Gasteiger partial charge < -0.3 is 4.90 Å². The lowest BCUT2D eigenvalue weighted by Gasteiger charge is -2.34. The number of halogens is 3. The van der Waals surface area contributed by atoms with Gasteiger partial charge in [0.2, 0.25) is 0 Å². The molecule has 0 saturated carbocycles. The summed E-state index contributed by atoms with van der Waals surface area (Å²) in [4.78, 5) is 14.2. The molecule has 3 rings (SSSR count). The maximum absolute atomic E-state index is 13.8. The van der Waals surface area contributed by atoms with Crippen LogP contribution in [-0.4, -0.2) is 11.9 Å². The summed E-state index contributed by atoms with van der Waals surface area (Å²) in [7, 11) is 0. The Bertz CT molecular complexity index is 799. The third-order valence-electron chi connectivity index (χ3n) is 4.20. The third kappa shape index (κ3) is 3.20. The monoisotopic (exact) mass is 347 g/mol. The van der Waals surface area contributed by atoms with Crippen molar-refractivity contribution < 1.29 is 13.6 Å². The fourth-order valence-electron chi connectivity index (χ4n) is 2.96. The largest absolute Gasteiger partial charge is 0.306 e. The van der Waals surface area contributed by atoms with Gasteiger partial charge in [0.05, 0.1) is 5.02 Å². The zero-order valence-corrected chi connectivity index (χ0v) is 13.9. The summed E-state index contributed by atoms with van der Waals surface area (Å²) in [6.45, 7) is 1.94. The molecule has 2 nitrogen and oxygen atoms in total. The number of hydrogen-bond acceptors (Lipinski definition) is 1. The Balaban J connectivity index is 1.91. The molecular formula is C19H16ClF2NO. The van der Waals surface area contributed by atoms with Crippen LogP contribution in [0.2, 0.25) is 5.02 Å². The Morgan fingerprint density at radius 1 is 1.29 bits per heavy atom. The number of nitrogens with zero attached hydrogens (tertiary/aromatic N) is 1. The van der Waals surface area contributed by atoms with Gasteiger partial charge in [-0.3, -0.25) is 4.79 Å². The number of carbonyl (C=O) groups excluding carboxylic acids is 1. The van der Waals surface area contributed by atoms with Gasteiger partial charge in [-0.25, -0.2) is 8.78 Å². The van der Waals surface area contributed by atoms with Gasteiger partial charge in [0.15, 0.2) is 0 Å². The number of benzene rings is 2. The molecule has 1 heterocycles. The second-order valence-electron chi connectivity index (χ2n) is 5.84. The maximum Gasteiger partial charge on any atom is 0.251 e. The van der Waals surface area contributed by atoms with Crippen molar-refractivity contribution in [3.8, 4) is 0 Å². The molecule has 1 amide bonds. The summed E-state index contributed by atoms with van der Waals surface area (Å²) in [5.41, 5.74) is 1.68. The average Bonchev–Trinajstić information content (AvgIpc) is 2.54. The van der Waals surface area contributed by atoms with Crippen molar-refractivity contribution in [2.75, 3.05) is 4.90 Å². The van der Waals surface area contributed by atoms with E-state index in [4.69, 9.17) is 11.6 Å². The number of fused-ring (bicyclic) bond motifs is 1. The molecule has 5 heteroatoms. The van der Waals surface area contributed by atoms with Crippen LogP contribution in [0.3, 0.4) is 0 Å². The van der Waals surface area contributed by atoms with Crippen LogP contribution < -0.4 is 4.90 Å². The molecule has 2 aromatic rings. The lowest BCUT2D eigenvalue weighted by Crippen LogP contribution is -2.41. The van der Waals surface area contributed by atoms with Gasteiger partial charge in [-0.2, -0.15) is 0 Å². The van der Waals surface area contributed by atoms with Gasteiger partial charge in [-0.15, -0.1) is 0 Å². The van der Waals surface area contributed by atoms with Crippen molar-refractivity contribution in [1.29, 1.82) is 0 Å². The second kappa shape index (κ2) is 6.73. The topological polar surface area (TPSA) is 20.3 Å². The molecule has 124 valence electrons. The Kier molecular flexibility index (Phi) is 4.67. The first-order valence-corrected chi connectivity index (χ1v) is 8.09. The molecule has 24 heavy (non-hydrogen) atoms. The minimum atomic E-state index is -0.485. The van der Waals surface area contributed by atoms with E-state index < -0.39 is 5.82 Å². The molecule has 0 spiro atoms. The van der Waals surface area contributed by atoms with E-state index in [-0.39, 0.29) is 28.4 Å². The van der Waals surface area contributed by atoms with E-state index in [9.17, 15) is 13.6 Å². The summed E-state index contributed by atoms with van der Waals surface area (Å²) in [6.07, 6.45) is 4.15. The van der Waals surface area contributed by atoms with Gasteiger partial charge in [-0.05, 0) is 61.7 Å². The SMILES string of the molecule is CC1CCc2cc(F)ccc2N1C(=O)C=Cc1c(F)cccc1Cl. The number of anilines is 1. The first kappa shape index (κ1) is 16.7. The average molecular weight is 348 g/mol. The van der Waals surface area contributed by atoms with Gasteiger partial charge in [0.25, 0.3) is 5.91 Å². The highest BCUT2D eigenvalue weighted by molar-refractivity contribution is 6.32. The maximum atomic E-state index is 13.8. The van der Waals surface area contributed by atoms with Crippen LogP contribution in [0, 0.1) is 11.6 Å². The quantitative estimate of drug-likeness (QED) is 0.700. The van der Waals surface area contributed by atoms with Crippen molar-refractivity contribution in [1.82, 2.24) is 0 Å². The fourth-order valence-corrected chi connectivity index (χ4v) is 3.19. The zero-order chi connectivity index (χ0) is 17.3. The predicted octanol–water partition coefficient (Wildman–Crippen LogP) is 5.00. The molecule has 0 aromatic heterocycles. The van der Waals surface area contributed by atoms with Gasteiger partial charge in [0, 0.05) is 23.4 Å². The summed E-state index contributed by atoms with van der Waals surface area (Å²) in [6, 6.07) is 8.76. The Morgan fingerprint density at radius 3 is 2.83 bits per heavy atom. The summed E-state index contributed by atoms with van der Waals surface area (Å²) < 4.78 is 27.2. The van der Waals surface area contributed by atoms with Crippen molar-refractivity contribution in [2.45, 2.75) is 25.8 Å². The lowest BCUT2D eigenvalue weighted by atomic mass is 9.96. The highest BCUT2D eigenvalue weighted by atomic mass is 35.5. The van der Waals surface area contributed by atoms with Crippen LogP contribution in [0.15, 0.2) is 42.5 Å². The van der Waals surface area contributed by atoms with E-state index in [0.29, 0.717) is 5.69 Å². The van der Waals surface area contributed by atoms with Crippen molar-refractivity contribution in [2.24, 2.45) is 0 Å². The first-order chi connectivity index (χ1) is 11.5. The molecule has 0 radical (unpaired) electrons. The molecule has 2 aromatic carbocycles. The van der Waals surface area contributed by atoms with Crippen molar-refractivity contribution in [3.63, 3.8) is 0 Å². The molecule has 1 atom stereocenters. The van der Waals surface area contributed by atoms with Crippen LogP contribution in [0.1, 0.15) is 24.5 Å². The highest BCUT2D eigenvalue weighted by Gasteiger charge is 2.27. The van der Waals surface area contributed by atoms with Crippen LogP contribution in [0.25, 0.3) is 6.08 Å². The number of rotatable bonds is 2. The van der Waals surface area contributed by atoms with Crippen LogP contribution >= 0.6 is 11.6 Å². The summed E-state index contributed by atoms with van der Waals surface area (Å²) in [5, 5.41) is 0.244. The van der Waals surface area contributed by atoms with E-state index >= 15 is 0 Å². The minimum Gasteiger partial charge on any atom is -0.306 e. The van der Waals surface area contributed by atoms with Crippen LogP contribution in [-0.2, 0) is 11.2 Å². The van der Waals surface area contributed by atoms with Gasteiger partial charge in [-0.1, -0.05) is 17.7 Å². The summed E-state index contributed by atoms with van der Waals surface area (Å²) in [5.74, 6) is -1.08. The highest BCUT2D eigenvalue weighted by Crippen LogP contribution is 2.31. The molecule has 1 aliphatic rings. The number of aryl methyl sites for hydroxylation is 1. The van der Waals surface area contributed by atoms with Crippen molar-refractivity contribution >= 4 is 29.3 Å². The second-order valence-corrected chi connectivity index (χ2v) is 6.24. The van der Waals surface area contributed by atoms with E-state index in [2.05, 4.69) is 0 Å². The van der Waals surface area contributed by atoms with Gasteiger partial charge in [0.1, 0.15) is 11.6 Å². The van der Waals surface area contributed by atoms with E-state index in [1.165, 1.54) is 36.4 Å².